The Bertz CT molecular complexity index is 1140. The lowest BCUT2D eigenvalue weighted by Gasteiger charge is -2.25. The Kier molecular flexibility index (Phi) is 5.48. The van der Waals surface area contributed by atoms with Gasteiger partial charge in [-0.05, 0) is 18.2 Å². The van der Waals surface area contributed by atoms with E-state index in [0.717, 1.165) is 5.56 Å². The Morgan fingerprint density at radius 3 is 2.52 bits per heavy atom. The van der Waals surface area contributed by atoms with Crippen LogP contribution in [0.1, 0.15) is 12.5 Å². The number of benzene rings is 2. The van der Waals surface area contributed by atoms with Gasteiger partial charge in [0, 0.05) is 22.9 Å². The minimum Gasteiger partial charge on any atom is -0.496 e. The molecular weight excluding hydrogens is 400 g/mol. The van der Waals surface area contributed by atoms with Crippen LogP contribution in [0.4, 0.5) is 11.5 Å². The van der Waals surface area contributed by atoms with Crippen molar-refractivity contribution in [2.24, 2.45) is 0 Å². The van der Waals surface area contributed by atoms with Crippen LogP contribution in [0.25, 0.3) is 11.1 Å². The number of methoxy groups -OCH3 is 3. The molecule has 2 heterocycles. The maximum Gasteiger partial charge on any atom is 0.249 e. The van der Waals surface area contributed by atoms with Gasteiger partial charge in [0.1, 0.15) is 17.6 Å². The average Bonchev–Trinajstić information content (AvgIpc) is 3.21. The number of ether oxygens (including phenoxy) is 3. The molecule has 1 aliphatic rings. The molecule has 1 aromatic heterocycles. The van der Waals surface area contributed by atoms with Gasteiger partial charge in [-0.2, -0.15) is 5.10 Å². The Morgan fingerprint density at radius 1 is 1.03 bits per heavy atom. The first-order chi connectivity index (χ1) is 15.0. The molecule has 2 aromatic carbocycles. The van der Waals surface area contributed by atoms with E-state index in [1.54, 1.807) is 31.5 Å². The van der Waals surface area contributed by atoms with E-state index in [1.807, 2.05) is 24.3 Å². The molecule has 0 saturated carbocycles. The van der Waals surface area contributed by atoms with Crippen molar-refractivity contribution in [3.8, 4) is 28.4 Å². The molecule has 160 valence electrons. The molecule has 0 unspecified atom stereocenters. The number of rotatable bonds is 6. The molecular formula is C22H22N4O5. The van der Waals surface area contributed by atoms with Crippen molar-refractivity contribution in [3.63, 3.8) is 0 Å². The number of hydrogen-bond acceptors (Lipinski definition) is 6. The van der Waals surface area contributed by atoms with Crippen LogP contribution in [0.5, 0.6) is 17.2 Å². The van der Waals surface area contributed by atoms with E-state index in [2.05, 4.69) is 15.7 Å². The van der Waals surface area contributed by atoms with E-state index in [4.69, 9.17) is 14.2 Å². The van der Waals surface area contributed by atoms with Crippen LogP contribution in [0.2, 0.25) is 0 Å². The fourth-order valence-corrected chi connectivity index (χ4v) is 3.58. The molecule has 0 radical (unpaired) electrons. The molecule has 2 amide bonds. The molecule has 1 aliphatic heterocycles. The minimum atomic E-state index is -0.805. The summed E-state index contributed by atoms with van der Waals surface area (Å²) in [5, 5.41) is 10.0. The largest absolute Gasteiger partial charge is 0.496 e. The van der Waals surface area contributed by atoms with E-state index in [9.17, 15) is 9.59 Å². The van der Waals surface area contributed by atoms with Gasteiger partial charge in [-0.3, -0.25) is 9.59 Å². The van der Waals surface area contributed by atoms with Crippen LogP contribution in [0.3, 0.4) is 0 Å². The lowest BCUT2D eigenvalue weighted by molar-refractivity contribution is -0.125. The summed E-state index contributed by atoms with van der Waals surface area (Å²) in [4.78, 5) is 25.5. The molecule has 0 bridgehead atoms. The number of anilines is 2. The summed E-state index contributed by atoms with van der Waals surface area (Å²) in [5.74, 6) is 1.50. The van der Waals surface area contributed by atoms with E-state index < -0.39 is 6.04 Å². The second-order valence-electron chi connectivity index (χ2n) is 6.88. The predicted molar refractivity (Wildman–Crippen MR) is 115 cm³/mol. The normalized spacial score (nSPS) is 14.9. The quantitative estimate of drug-likeness (QED) is 0.633. The number of hydrogen-bond donors (Lipinski definition) is 2. The number of carbonyl (C=O) groups is 2. The zero-order valence-corrected chi connectivity index (χ0v) is 17.3. The predicted octanol–water partition coefficient (Wildman–Crippen LogP) is 3.10. The standard InChI is InChI=1S/C22H22N4O5/c1-29-17-7-5-4-6-14(17)15-12-23-26-16(11-20(27)25-21(15)26)22(28)24-13-8-9-18(30-2)19(10-13)31-3/h4-10,12,16H,11H2,1-3H3,(H,24,28)(H,25,27)/t16-/m0/s1. The summed E-state index contributed by atoms with van der Waals surface area (Å²) in [7, 11) is 4.63. The Balaban J connectivity index is 1.65. The van der Waals surface area contributed by atoms with Crippen molar-refractivity contribution in [2.75, 3.05) is 32.0 Å². The van der Waals surface area contributed by atoms with Gasteiger partial charge in [-0.1, -0.05) is 18.2 Å². The highest BCUT2D eigenvalue weighted by Gasteiger charge is 2.33. The lowest BCUT2D eigenvalue weighted by atomic mass is 10.1. The van der Waals surface area contributed by atoms with Crippen molar-refractivity contribution < 1.29 is 23.8 Å². The number of carbonyl (C=O) groups excluding carboxylic acids is 2. The molecule has 4 rings (SSSR count). The molecule has 0 aliphatic carbocycles. The molecule has 1 atom stereocenters. The van der Waals surface area contributed by atoms with Gasteiger partial charge in [-0.25, -0.2) is 4.68 Å². The Hall–Kier alpha value is -4.01. The SMILES string of the molecule is COc1ccc(NC(=O)[C@@H]2CC(=O)Nc3c(-c4ccccc4OC)cnn32)cc1OC. The highest BCUT2D eigenvalue weighted by molar-refractivity contribution is 6.03. The number of aromatic nitrogens is 2. The van der Waals surface area contributed by atoms with Gasteiger partial charge in [0.15, 0.2) is 11.5 Å². The van der Waals surface area contributed by atoms with Gasteiger partial charge in [-0.15, -0.1) is 0 Å². The van der Waals surface area contributed by atoms with Gasteiger partial charge in [0.2, 0.25) is 11.8 Å². The van der Waals surface area contributed by atoms with Crippen LogP contribution < -0.4 is 24.8 Å². The van der Waals surface area contributed by atoms with Crippen LogP contribution in [-0.2, 0) is 9.59 Å². The second kappa shape index (κ2) is 8.39. The van der Waals surface area contributed by atoms with Crippen molar-refractivity contribution >= 4 is 23.3 Å². The molecule has 0 saturated heterocycles. The first-order valence-corrected chi connectivity index (χ1v) is 9.59. The first kappa shape index (κ1) is 20.3. The summed E-state index contributed by atoms with van der Waals surface area (Å²) < 4.78 is 17.5. The van der Waals surface area contributed by atoms with Crippen LogP contribution in [-0.4, -0.2) is 42.9 Å². The fraction of sp³-hybridized carbons (Fsp3) is 0.227. The van der Waals surface area contributed by atoms with E-state index >= 15 is 0 Å². The maximum absolute atomic E-state index is 13.1. The number of nitrogens with one attached hydrogen (secondary N) is 2. The highest BCUT2D eigenvalue weighted by atomic mass is 16.5. The first-order valence-electron chi connectivity index (χ1n) is 9.59. The zero-order valence-electron chi connectivity index (χ0n) is 17.3. The van der Waals surface area contributed by atoms with Crippen LogP contribution in [0.15, 0.2) is 48.7 Å². The summed E-state index contributed by atoms with van der Waals surface area (Å²) in [6.45, 7) is 0. The summed E-state index contributed by atoms with van der Waals surface area (Å²) >= 11 is 0. The third kappa shape index (κ3) is 3.77. The summed E-state index contributed by atoms with van der Waals surface area (Å²) in [6, 6.07) is 11.7. The summed E-state index contributed by atoms with van der Waals surface area (Å²) in [6.07, 6.45) is 1.59. The minimum absolute atomic E-state index is 0.0286. The number of amides is 2. The van der Waals surface area contributed by atoms with Crippen molar-refractivity contribution in [2.45, 2.75) is 12.5 Å². The highest BCUT2D eigenvalue weighted by Crippen LogP contribution is 2.38. The van der Waals surface area contributed by atoms with E-state index in [-0.39, 0.29) is 18.2 Å². The molecule has 3 aromatic rings. The number of para-hydroxylation sites is 1. The van der Waals surface area contributed by atoms with E-state index in [1.165, 1.54) is 18.9 Å². The molecule has 2 N–H and O–H groups in total. The molecule has 31 heavy (non-hydrogen) atoms. The smallest absolute Gasteiger partial charge is 0.249 e. The summed E-state index contributed by atoms with van der Waals surface area (Å²) in [5.41, 5.74) is 1.97. The fourth-order valence-electron chi connectivity index (χ4n) is 3.58. The Labute approximate surface area is 178 Å². The molecule has 9 nitrogen and oxygen atoms in total. The number of fused-ring (bicyclic) bond motifs is 1. The Morgan fingerprint density at radius 2 is 1.77 bits per heavy atom. The van der Waals surface area contributed by atoms with Gasteiger partial charge >= 0.3 is 0 Å². The van der Waals surface area contributed by atoms with Crippen molar-refractivity contribution in [1.82, 2.24) is 9.78 Å². The molecule has 0 fully saturated rings. The van der Waals surface area contributed by atoms with Crippen LogP contribution >= 0.6 is 0 Å². The lowest BCUT2D eigenvalue weighted by Crippen LogP contribution is -2.35. The van der Waals surface area contributed by atoms with Gasteiger partial charge in [0.25, 0.3) is 0 Å². The van der Waals surface area contributed by atoms with Gasteiger partial charge < -0.3 is 24.8 Å². The second-order valence-corrected chi connectivity index (χ2v) is 6.88. The topological polar surface area (TPSA) is 104 Å². The van der Waals surface area contributed by atoms with E-state index in [0.29, 0.717) is 34.3 Å². The third-order valence-corrected chi connectivity index (χ3v) is 5.08. The average molecular weight is 422 g/mol. The monoisotopic (exact) mass is 422 g/mol. The molecule has 9 heteroatoms. The van der Waals surface area contributed by atoms with Gasteiger partial charge in [0.05, 0.1) is 33.9 Å². The number of nitrogens with zero attached hydrogens (tertiary/aromatic N) is 2. The third-order valence-electron chi connectivity index (χ3n) is 5.08. The maximum atomic E-state index is 13.1. The van der Waals surface area contributed by atoms with Crippen molar-refractivity contribution in [3.05, 3.63) is 48.7 Å². The zero-order chi connectivity index (χ0) is 22.0. The molecule has 0 spiro atoms. The van der Waals surface area contributed by atoms with Crippen molar-refractivity contribution in [1.29, 1.82) is 0 Å². The van der Waals surface area contributed by atoms with Crippen LogP contribution in [0, 0.1) is 0 Å².